The number of aliphatic hydroxyl groups is 2. The fraction of sp³-hybridized carbons (Fsp3) is 0.879. The van der Waals surface area contributed by atoms with Gasteiger partial charge in [0.2, 0.25) is 0 Å². The van der Waals surface area contributed by atoms with Crippen molar-refractivity contribution in [1.82, 2.24) is 0 Å². The van der Waals surface area contributed by atoms with E-state index in [1.165, 1.54) is 0 Å². The Hall–Kier alpha value is -2.12. The minimum Gasteiger partial charge on any atom is -0.457 e. The summed E-state index contributed by atoms with van der Waals surface area (Å²) in [4.78, 5) is 51.4. The molecule has 6 fully saturated rings. The van der Waals surface area contributed by atoms with E-state index in [2.05, 4.69) is 0 Å². The van der Waals surface area contributed by atoms with Crippen LogP contribution in [0, 0.1) is 0 Å². The van der Waals surface area contributed by atoms with Crippen LogP contribution in [0.3, 0.4) is 0 Å². The van der Waals surface area contributed by atoms with Crippen molar-refractivity contribution in [2.45, 2.75) is 144 Å². The van der Waals surface area contributed by atoms with Crippen molar-refractivity contribution in [1.29, 1.82) is 0 Å². The molecular weight excluding hydrogens is 652 g/mol. The number of fused-ring (bicyclic) bond motifs is 3. The molecule has 0 aliphatic carbocycles. The molecule has 0 bridgehead atoms. The molecule has 6 saturated heterocycles. The molecule has 6 aliphatic rings. The normalized spacial score (nSPS) is 39.6. The summed E-state index contributed by atoms with van der Waals surface area (Å²) in [6.45, 7) is 6.02. The van der Waals surface area contributed by atoms with Crippen molar-refractivity contribution in [2.75, 3.05) is 39.6 Å². The number of rotatable bonds is 16. The van der Waals surface area contributed by atoms with Crippen LogP contribution >= 0.6 is 0 Å². The highest BCUT2D eigenvalue weighted by Crippen LogP contribution is 2.35. The zero-order valence-electron chi connectivity index (χ0n) is 28.1. The van der Waals surface area contributed by atoms with E-state index < -0.39 is 96.9 Å². The largest absolute Gasteiger partial charge is 0.457 e. The summed E-state index contributed by atoms with van der Waals surface area (Å²) in [5.74, 6) is -1.69. The van der Waals surface area contributed by atoms with Crippen LogP contribution in [-0.4, -0.2) is 158 Å². The fourth-order valence-electron chi connectivity index (χ4n) is 7.51. The van der Waals surface area contributed by atoms with Gasteiger partial charge in [0.15, 0.2) is 23.8 Å². The van der Waals surface area contributed by atoms with Gasteiger partial charge in [0.1, 0.15) is 72.7 Å². The standard InChI is InChI=1S/C33H48O16/c1-4-9-33(3,24(37)6-8-26(39)47-21-13-43-28-19(36)11-41-30(21)28)49-23-15-45-31-22(14-44-32(23)31)48-25(38)7-5-17(34)16(2)46-20-12-42-27-18(35)10-40-29(20)27/h16,18-23,27-32,35-36H,4-15H2,1-3H3/t16?,18-,19+,20+,21-,22+,23-,27+,28-,29+,30-,31+,32+,33?/m0/s1. The van der Waals surface area contributed by atoms with E-state index in [4.69, 9.17) is 47.4 Å². The van der Waals surface area contributed by atoms with Crippen LogP contribution < -0.4 is 0 Å². The Bertz CT molecular complexity index is 1210. The molecule has 0 aromatic carbocycles. The highest BCUT2D eigenvalue weighted by Gasteiger charge is 2.53. The first-order valence-corrected chi connectivity index (χ1v) is 17.3. The third-order valence-corrected chi connectivity index (χ3v) is 10.2. The van der Waals surface area contributed by atoms with Gasteiger partial charge in [0.25, 0.3) is 0 Å². The zero-order valence-corrected chi connectivity index (χ0v) is 28.1. The van der Waals surface area contributed by atoms with Gasteiger partial charge in [0.05, 0.1) is 52.5 Å². The molecule has 276 valence electrons. The Morgan fingerprint density at radius 1 is 0.653 bits per heavy atom. The molecule has 16 nitrogen and oxygen atoms in total. The van der Waals surface area contributed by atoms with Gasteiger partial charge in [-0.15, -0.1) is 0 Å². The number of esters is 2. The fourth-order valence-corrected chi connectivity index (χ4v) is 7.51. The number of carbonyl (C=O) groups excluding carboxylic acids is 4. The molecule has 49 heavy (non-hydrogen) atoms. The molecule has 14 atom stereocenters. The van der Waals surface area contributed by atoms with E-state index in [1.807, 2.05) is 6.92 Å². The third kappa shape index (κ3) is 8.03. The lowest BCUT2D eigenvalue weighted by Gasteiger charge is -2.32. The maximum Gasteiger partial charge on any atom is 0.306 e. The van der Waals surface area contributed by atoms with Gasteiger partial charge in [-0.1, -0.05) is 13.3 Å². The molecule has 0 radical (unpaired) electrons. The monoisotopic (exact) mass is 700 g/mol. The minimum atomic E-state index is -1.22. The van der Waals surface area contributed by atoms with E-state index in [-0.39, 0.29) is 76.9 Å². The second kappa shape index (κ2) is 15.6. The maximum absolute atomic E-state index is 13.4. The van der Waals surface area contributed by atoms with Gasteiger partial charge in [-0.2, -0.15) is 0 Å². The van der Waals surface area contributed by atoms with Crippen molar-refractivity contribution in [2.24, 2.45) is 0 Å². The molecule has 6 heterocycles. The number of ketones is 2. The summed E-state index contributed by atoms with van der Waals surface area (Å²) in [7, 11) is 0. The number of carbonyl (C=O) groups is 4. The Kier molecular flexibility index (Phi) is 11.7. The Morgan fingerprint density at radius 3 is 1.69 bits per heavy atom. The summed E-state index contributed by atoms with van der Waals surface area (Å²) in [6, 6.07) is 0. The van der Waals surface area contributed by atoms with Crippen LogP contribution in [0.15, 0.2) is 0 Å². The number of ether oxygens (including phenoxy) is 10. The van der Waals surface area contributed by atoms with Crippen molar-refractivity contribution in [3.05, 3.63) is 0 Å². The van der Waals surface area contributed by atoms with Gasteiger partial charge in [-0.25, -0.2) is 0 Å². The van der Waals surface area contributed by atoms with Gasteiger partial charge >= 0.3 is 11.9 Å². The molecular formula is C33H48O16. The maximum atomic E-state index is 13.4. The number of aliphatic hydroxyl groups excluding tert-OH is 2. The van der Waals surface area contributed by atoms with Crippen LogP contribution in [-0.2, 0) is 66.5 Å². The molecule has 6 aliphatic heterocycles. The van der Waals surface area contributed by atoms with Crippen molar-refractivity contribution in [3.63, 3.8) is 0 Å². The molecule has 0 aromatic rings. The van der Waals surface area contributed by atoms with E-state index in [9.17, 15) is 29.4 Å². The predicted octanol–water partition coefficient (Wildman–Crippen LogP) is -0.659. The predicted molar refractivity (Wildman–Crippen MR) is 161 cm³/mol. The SMILES string of the molecule is CCCC(C)(O[C@H]1CO[C@H]2[C@@H]1OC[C@H]2OC(=O)CCC(=O)C(C)O[C@@H]1CO[C@H]2[C@@H]1OC[C@@H]2O)C(=O)CCC(=O)O[C@H]1CO[C@@H]2[C@H]1OC[C@H]2O. The molecule has 0 amide bonds. The van der Waals surface area contributed by atoms with Gasteiger partial charge in [0, 0.05) is 12.8 Å². The molecule has 0 spiro atoms. The lowest BCUT2D eigenvalue weighted by molar-refractivity contribution is -0.164. The lowest BCUT2D eigenvalue weighted by atomic mass is 9.91. The summed E-state index contributed by atoms with van der Waals surface area (Å²) in [5.41, 5.74) is -1.22. The van der Waals surface area contributed by atoms with Crippen molar-refractivity contribution >= 4 is 23.5 Å². The molecule has 0 aromatic heterocycles. The van der Waals surface area contributed by atoms with Gasteiger partial charge in [-0.3, -0.25) is 19.2 Å². The molecule has 0 saturated carbocycles. The number of hydrogen-bond acceptors (Lipinski definition) is 16. The first kappa shape index (κ1) is 36.7. The average Bonchev–Trinajstić information content (AvgIpc) is 3.92. The smallest absolute Gasteiger partial charge is 0.306 e. The first-order chi connectivity index (χ1) is 23.5. The second-order valence-corrected chi connectivity index (χ2v) is 13.8. The van der Waals surface area contributed by atoms with Crippen LogP contribution in [0.5, 0.6) is 0 Å². The van der Waals surface area contributed by atoms with E-state index in [1.54, 1.807) is 13.8 Å². The number of hydrogen-bond donors (Lipinski definition) is 2. The highest BCUT2D eigenvalue weighted by molar-refractivity contribution is 5.89. The Labute approximate surface area is 284 Å². The van der Waals surface area contributed by atoms with Crippen LogP contribution in [0.4, 0.5) is 0 Å². The van der Waals surface area contributed by atoms with E-state index in [0.29, 0.717) is 12.8 Å². The zero-order chi connectivity index (χ0) is 34.9. The van der Waals surface area contributed by atoms with Gasteiger partial charge in [-0.05, 0) is 20.3 Å². The molecule has 2 unspecified atom stereocenters. The highest BCUT2D eigenvalue weighted by atomic mass is 16.7. The quantitative estimate of drug-likeness (QED) is 0.192. The average molecular weight is 701 g/mol. The summed E-state index contributed by atoms with van der Waals surface area (Å²) in [5, 5.41) is 19.8. The summed E-state index contributed by atoms with van der Waals surface area (Å²) < 4.78 is 57.2. The van der Waals surface area contributed by atoms with Crippen LogP contribution in [0.25, 0.3) is 0 Å². The summed E-state index contributed by atoms with van der Waals surface area (Å²) in [6.07, 6.45) is -7.29. The van der Waals surface area contributed by atoms with Crippen molar-refractivity contribution in [3.8, 4) is 0 Å². The molecule has 6 rings (SSSR count). The molecule has 16 heteroatoms. The van der Waals surface area contributed by atoms with Gasteiger partial charge < -0.3 is 57.6 Å². The lowest BCUT2D eigenvalue weighted by Crippen LogP contribution is -2.46. The Balaban J connectivity index is 0.923. The molecule has 2 N–H and O–H groups in total. The number of Topliss-reactive ketones (excluding diaryl/α,β-unsaturated/α-hetero) is 2. The van der Waals surface area contributed by atoms with E-state index >= 15 is 0 Å². The first-order valence-electron chi connectivity index (χ1n) is 17.3. The third-order valence-electron chi connectivity index (χ3n) is 10.2. The van der Waals surface area contributed by atoms with Crippen LogP contribution in [0.1, 0.15) is 59.3 Å². The summed E-state index contributed by atoms with van der Waals surface area (Å²) >= 11 is 0. The topological polar surface area (TPSA) is 201 Å². The van der Waals surface area contributed by atoms with E-state index in [0.717, 1.165) is 0 Å². The van der Waals surface area contributed by atoms with Crippen molar-refractivity contribution < 1.29 is 76.8 Å². The second-order valence-electron chi connectivity index (χ2n) is 13.8. The van der Waals surface area contributed by atoms with Crippen LogP contribution in [0.2, 0.25) is 0 Å². The minimum absolute atomic E-state index is 0.0717. The Morgan fingerprint density at radius 2 is 1.10 bits per heavy atom.